The third-order valence-electron chi connectivity index (χ3n) is 2.04. The largest absolute Gasteiger partial charge is 0.481 e. The van der Waals surface area contributed by atoms with Crippen molar-refractivity contribution in [1.29, 1.82) is 0 Å². The predicted octanol–water partition coefficient (Wildman–Crippen LogP) is 1.89. The van der Waals surface area contributed by atoms with Gasteiger partial charge < -0.3 is 9.67 Å². The maximum absolute atomic E-state index is 10.4. The summed E-state index contributed by atoms with van der Waals surface area (Å²) in [6, 6.07) is 0. The van der Waals surface area contributed by atoms with Crippen LogP contribution in [0.15, 0.2) is 11.4 Å². The third-order valence-corrected chi connectivity index (χ3v) is 3.07. The summed E-state index contributed by atoms with van der Waals surface area (Å²) < 4.78 is 1.95. The van der Waals surface area contributed by atoms with Crippen LogP contribution in [0.1, 0.15) is 26.5 Å². The van der Waals surface area contributed by atoms with E-state index >= 15 is 0 Å². The molecule has 0 unspecified atom stereocenters. The molecule has 0 saturated carbocycles. The number of carboxylic acids is 1. The van der Waals surface area contributed by atoms with Gasteiger partial charge in [-0.2, -0.15) is 0 Å². The van der Waals surface area contributed by atoms with E-state index in [2.05, 4.69) is 25.8 Å². The third kappa shape index (κ3) is 2.99. The van der Waals surface area contributed by atoms with Crippen LogP contribution >= 0.6 is 11.8 Å². The van der Waals surface area contributed by atoms with Crippen molar-refractivity contribution in [2.45, 2.75) is 31.3 Å². The van der Waals surface area contributed by atoms with Gasteiger partial charge in [0.15, 0.2) is 5.16 Å². The number of aromatic nitrogens is 2. The number of imidazole rings is 1. The van der Waals surface area contributed by atoms with Crippen molar-refractivity contribution in [3.05, 3.63) is 11.9 Å². The zero-order valence-corrected chi connectivity index (χ0v) is 10.3. The van der Waals surface area contributed by atoms with E-state index in [0.717, 1.165) is 10.9 Å². The van der Waals surface area contributed by atoms with E-state index in [9.17, 15) is 4.79 Å². The van der Waals surface area contributed by atoms with Crippen molar-refractivity contribution < 1.29 is 9.90 Å². The molecule has 0 aliphatic heterocycles. The Morgan fingerprint density at radius 2 is 2.20 bits per heavy atom. The standard InChI is InChI=1S/C10H16N2O2S/c1-10(2,3)7-5-11-9(12(7)4)15-6-8(13)14/h5H,6H2,1-4H3,(H,13,14). The molecular formula is C10H16N2O2S. The Kier molecular flexibility index (Phi) is 3.44. The van der Waals surface area contributed by atoms with Crippen LogP contribution in [0, 0.1) is 0 Å². The molecule has 4 nitrogen and oxygen atoms in total. The van der Waals surface area contributed by atoms with Gasteiger partial charge in [-0.1, -0.05) is 32.5 Å². The first kappa shape index (κ1) is 12.1. The van der Waals surface area contributed by atoms with Crippen LogP contribution in [-0.4, -0.2) is 26.4 Å². The number of carboxylic acid groups (broad SMARTS) is 1. The van der Waals surface area contributed by atoms with Gasteiger partial charge in [0, 0.05) is 24.4 Å². The molecule has 5 heteroatoms. The van der Waals surface area contributed by atoms with Gasteiger partial charge in [-0.15, -0.1) is 0 Å². The lowest BCUT2D eigenvalue weighted by atomic mass is 9.93. The fraction of sp³-hybridized carbons (Fsp3) is 0.600. The quantitative estimate of drug-likeness (QED) is 0.803. The molecule has 0 spiro atoms. The van der Waals surface area contributed by atoms with E-state index in [-0.39, 0.29) is 11.2 Å². The van der Waals surface area contributed by atoms with Gasteiger partial charge >= 0.3 is 5.97 Å². The van der Waals surface area contributed by atoms with Gasteiger partial charge in [-0.3, -0.25) is 4.79 Å². The number of carbonyl (C=O) groups is 1. The monoisotopic (exact) mass is 228 g/mol. The van der Waals surface area contributed by atoms with E-state index in [4.69, 9.17) is 5.11 Å². The number of nitrogens with zero attached hydrogens (tertiary/aromatic N) is 2. The SMILES string of the molecule is Cn1c(C(C)(C)C)cnc1SCC(=O)O. The Hall–Kier alpha value is -0.970. The average Bonchev–Trinajstić information content (AvgIpc) is 2.42. The van der Waals surface area contributed by atoms with Gasteiger partial charge in [-0.25, -0.2) is 4.98 Å². The first-order valence-corrected chi connectivity index (χ1v) is 5.67. The number of rotatable bonds is 3. The molecule has 0 atom stereocenters. The molecule has 1 heterocycles. The van der Waals surface area contributed by atoms with Gasteiger partial charge in [0.1, 0.15) is 0 Å². The van der Waals surface area contributed by atoms with Crippen LogP contribution in [0.5, 0.6) is 0 Å². The number of aliphatic carboxylic acids is 1. The molecule has 0 bridgehead atoms. The van der Waals surface area contributed by atoms with Crippen molar-refractivity contribution in [3.8, 4) is 0 Å². The summed E-state index contributed by atoms with van der Waals surface area (Å²) in [5.41, 5.74) is 1.14. The molecule has 1 aromatic rings. The molecule has 0 aliphatic rings. The molecule has 0 saturated heterocycles. The summed E-state index contributed by atoms with van der Waals surface area (Å²) >= 11 is 1.24. The van der Waals surface area contributed by atoms with Gasteiger partial charge in [-0.05, 0) is 0 Å². The van der Waals surface area contributed by atoms with E-state index < -0.39 is 5.97 Å². The molecule has 84 valence electrons. The summed E-state index contributed by atoms with van der Waals surface area (Å²) in [5, 5.41) is 9.33. The number of thioether (sulfide) groups is 1. The molecule has 1 aromatic heterocycles. The minimum atomic E-state index is -0.819. The lowest BCUT2D eigenvalue weighted by Gasteiger charge is -2.19. The van der Waals surface area contributed by atoms with Crippen LogP contribution in [-0.2, 0) is 17.3 Å². The van der Waals surface area contributed by atoms with Crippen molar-refractivity contribution in [2.24, 2.45) is 7.05 Å². The molecule has 0 aromatic carbocycles. The van der Waals surface area contributed by atoms with Crippen LogP contribution in [0.25, 0.3) is 0 Å². The zero-order valence-electron chi connectivity index (χ0n) is 9.44. The number of hydrogen-bond acceptors (Lipinski definition) is 3. The summed E-state index contributed by atoms with van der Waals surface area (Å²) in [4.78, 5) is 14.6. The summed E-state index contributed by atoms with van der Waals surface area (Å²) in [5.74, 6) is -0.769. The van der Waals surface area contributed by atoms with E-state index in [1.54, 1.807) is 0 Å². The van der Waals surface area contributed by atoms with Gasteiger partial charge in [0.2, 0.25) is 0 Å². The van der Waals surface area contributed by atoms with Crippen molar-refractivity contribution in [2.75, 3.05) is 5.75 Å². The fourth-order valence-electron chi connectivity index (χ4n) is 1.35. The molecular weight excluding hydrogens is 212 g/mol. The second kappa shape index (κ2) is 4.26. The average molecular weight is 228 g/mol. The lowest BCUT2D eigenvalue weighted by molar-refractivity contribution is -0.133. The molecule has 0 aliphatic carbocycles. The van der Waals surface area contributed by atoms with E-state index in [1.165, 1.54) is 11.8 Å². The van der Waals surface area contributed by atoms with Crippen LogP contribution in [0.4, 0.5) is 0 Å². The zero-order chi connectivity index (χ0) is 11.6. The second-order valence-corrected chi connectivity index (χ2v) is 5.36. The molecule has 1 rings (SSSR count). The van der Waals surface area contributed by atoms with Gasteiger partial charge in [0.25, 0.3) is 0 Å². The highest BCUT2D eigenvalue weighted by Gasteiger charge is 2.20. The summed E-state index contributed by atoms with van der Waals surface area (Å²) in [7, 11) is 1.91. The predicted molar refractivity (Wildman–Crippen MR) is 60.3 cm³/mol. The van der Waals surface area contributed by atoms with Crippen LogP contribution < -0.4 is 0 Å². The highest BCUT2D eigenvalue weighted by atomic mass is 32.2. The minimum Gasteiger partial charge on any atom is -0.481 e. The van der Waals surface area contributed by atoms with E-state index in [0.29, 0.717) is 0 Å². The van der Waals surface area contributed by atoms with Crippen molar-refractivity contribution in [1.82, 2.24) is 9.55 Å². The molecule has 15 heavy (non-hydrogen) atoms. The highest BCUT2D eigenvalue weighted by molar-refractivity contribution is 7.99. The normalized spacial score (nSPS) is 11.7. The summed E-state index contributed by atoms with van der Waals surface area (Å²) in [6.45, 7) is 6.32. The van der Waals surface area contributed by atoms with Crippen LogP contribution in [0.2, 0.25) is 0 Å². The molecule has 1 N–H and O–H groups in total. The Labute approximate surface area is 93.7 Å². The maximum Gasteiger partial charge on any atom is 0.313 e. The Bertz CT molecular complexity index is 366. The first-order chi connectivity index (χ1) is 6.82. The first-order valence-electron chi connectivity index (χ1n) is 4.69. The van der Waals surface area contributed by atoms with E-state index in [1.807, 2.05) is 17.8 Å². The minimum absolute atomic E-state index is 0.0315. The lowest BCUT2D eigenvalue weighted by Crippen LogP contribution is -2.16. The second-order valence-electron chi connectivity index (χ2n) is 4.42. The molecule has 0 amide bonds. The van der Waals surface area contributed by atoms with Crippen LogP contribution in [0.3, 0.4) is 0 Å². The topological polar surface area (TPSA) is 55.1 Å². The highest BCUT2D eigenvalue weighted by Crippen LogP contribution is 2.25. The Morgan fingerprint density at radius 3 is 2.60 bits per heavy atom. The van der Waals surface area contributed by atoms with Gasteiger partial charge in [0.05, 0.1) is 5.75 Å². The molecule has 0 fully saturated rings. The Morgan fingerprint density at radius 1 is 1.60 bits per heavy atom. The number of hydrogen-bond donors (Lipinski definition) is 1. The summed E-state index contributed by atoms with van der Waals surface area (Å²) in [6.07, 6.45) is 1.81. The Balaban J connectivity index is 2.85. The molecule has 0 radical (unpaired) electrons. The van der Waals surface area contributed by atoms with Crippen molar-refractivity contribution >= 4 is 17.7 Å². The fourth-order valence-corrected chi connectivity index (χ4v) is 2.02. The smallest absolute Gasteiger partial charge is 0.313 e. The maximum atomic E-state index is 10.4. The van der Waals surface area contributed by atoms with Crippen molar-refractivity contribution in [3.63, 3.8) is 0 Å².